The highest BCUT2D eigenvalue weighted by Gasteiger charge is 2.23. The first kappa shape index (κ1) is 22.5. The van der Waals surface area contributed by atoms with Crippen LogP contribution in [0.2, 0.25) is 5.02 Å². The van der Waals surface area contributed by atoms with Crippen LogP contribution in [-0.2, 0) is 0 Å². The van der Waals surface area contributed by atoms with Gasteiger partial charge >= 0.3 is 0 Å². The molecule has 1 aromatic heterocycles. The molecule has 2 heterocycles. The Bertz CT molecular complexity index is 1080. The summed E-state index contributed by atoms with van der Waals surface area (Å²) in [5, 5.41) is 22.2. The van der Waals surface area contributed by atoms with Crippen LogP contribution in [-0.4, -0.2) is 70.6 Å². The third-order valence-corrected chi connectivity index (χ3v) is 5.49. The highest BCUT2D eigenvalue weighted by Crippen LogP contribution is 2.38. The largest absolute Gasteiger partial charge is 0.486 e. The van der Waals surface area contributed by atoms with Crippen molar-refractivity contribution in [2.45, 2.75) is 12.5 Å². The second-order valence-corrected chi connectivity index (χ2v) is 7.83. The molecule has 0 radical (unpaired) electrons. The van der Waals surface area contributed by atoms with Gasteiger partial charge in [-0.05, 0) is 24.3 Å². The number of aliphatic hydroxyl groups is 2. The number of nitrogens with zero attached hydrogens (tertiary/aromatic N) is 3. The molecule has 4 rings (SSSR count). The van der Waals surface area contributed by atoms with Gasteiger partial charge in [-0.25, -0.2) is 14.4 Å². The Hall–Kier alpha value is -2.72. The van der Waals surface area contributed by atoms with Crippen molar-refractivity contribution in [3.63, 3.8) is 0 Å². The predicted molar refractivity (Wildman–Crippen MR) is 119 cm³/mol. The lowest BCUT2D eigenvalue weighted by Crippen LogP contribution is -2.36. The molecule has 1 aliphatic heterocycles. The molecule has 0 aliphatic carbocycles. The zero-order chi connectivity index (χ0) is 22.5. The van der Waals surface area contributed by atoms with E-state index in [1.165, 1.54) is 18.5 Å². The number of hydrogen-bond donors (Lipinski definition) is 3. The first-order valence-electron chi connectivity index (χ1n) is 10.3. The number of anilines is 2. The van der Waals surface area contributed by atoms with E-state index in [-0.39, 0.29) is 24.3 Å². The number of hydrogen-bond acceptors (Lipinski definition) is 8. The van der Waals surface area contributed by atoms with Gasteiger partial charge in [0.25, 0.3) is 0 Å². The summed E-state index contributed by atoms with van der Waals surface area (Å²) in [4.78, 5) is 10.6. The molecule has 0 saturated heterocycles. The molecule has 2 aromatic carbocycles. The Labute approximate surface area is 189 Å². The lowest BCUT2D eigenvalue weighted by atomic mass is 10.1. The van der Waals surface area contributed by atoms with E-state index in [0.717, 1.165) is 5.39 Å². The molecule has 3 N–H and O–H groups in total. The Morgan fingerprint density at radius 1 is 1.09 bits per heavy atom. The van der Waals surface area contributed by atoms with Crippen molar-refractivity contribution in [1.29, 1.82) is 0 Å². The smallest absolute Gasteiger partial charge is 0.163 e. The Kier molecular flexibility index (Phi) is 7.21. The lowest BCUT2D eigenvalue weighted by molar-refractivity contribution is 0.0700. The van der Waals surface area contributed by atoms with E-state index in [4.69, 9.17) is 31.3 Å². The highest BCUT2D eigenvalue weighted by atomic mass is 35.5. The van der Waals surface area contributed by atoms with Gasteiger partial charge in [0.15, 0.2) is 11.5 Å². The number of benzene rings is 2. The number of nitrogens with one attached hydrogen (secondary N) is 1. The molecule has 0 spiro atoms. The molecule has 1 atom stereocenters. The minimum atomic E-state index is -0.494. The van der Waals surface area contributed by atoms with E-state index in [0.29, 0.717) is 61.2 Å². The summed E-state index contributed by atoms with van der Waals surface area (Å²) in [5.41, 5.74) is 1.27. The predicted octanol–water partition coefficient (Wildman–Crippen LogP) is 2.98. The molecule has 170 valence electrons. The standard InChI is InChI=1S/C22H24ClFN4O4/c23-17-9-14(1-2-18(17)24)27-22-16-10-21-20(11-19(16)25-13-26-22)31-12-15(32-21)3-4-28(5-7-29)6-8-30/h1-2,9-11,13,15,29-30H,3-8,12H2,(H,25,26,27). The second kappa shape index (κ2) is 10.3. The van der Waals surface area contributed by atoms with Gasteiger partial charge in [0, 0.05) is 43.2 Å². The summed E-state index contributed by atoms with van der Waals surface area (Å²) in [6.45, 7) is 2.12. The summed E-state index contributed by atoms with van der Waals surface area (Å²) in [5.74, 6) is 1.22. The summed E-state index contributed by atoms with van der Waals surface area (Å²) in [6, 6.07) is 7.98. The van der Waals surface area contributed by atoms with E-state index >= 15 is 0 Å². The van der Waals surface area contributed by atoms with E-state index in [1.54, 1.807) is 12.1 Å². The number of rotatable bonds is 9. The molecule has 0 saturated carbocycles. The fourth-order valence-electron chi connectivity index (χ4n) is 3.56. The highest BCUT2D eigenvalue weighted by molar-refractivity contribution is 6.31. The summed E-state index contributed by atoms with van der Waals surface area (Å²) < 4.78 is 25.5. The van der Waals surface area contributed by atoms with Gasteiger partial charge in [-0.15, -0.1) is 0 Å². The van der Waals surface area contributed by atoms with Crippen LogP contribution >= 0.6 is 11.6 Å². The number of aromatic nitrogens is 2. The van der Waals surface area contributed by atoms with Crippen molar-refractivity contribution < 1.29 is 24.1 Å². The van der Waals surface area contributed by atoms with Gasteiger partial charge in [0.2, 0.25) is 0 Å². The van der Waals surface area contributed by atoms with Crippen LogP contribution in [0.4, 0.5) is 15.9 Å². The first-order valence-corrected chi connectivity index (χ1v) is 10.7. The average Bonchev–Trinajstić information content (AvgIpc) is 2.79. The van der Waals surface area contributed by atoms with E-state index in [1.807, 2.05) is 11.0 Å². The van der Waals surface area contributed by atoms with Crippen molar-refractivity contribution in [2.75, 3.05) is 44.8 Å². The van der Waals surface area contributed by atoms with Crippen molar-refractivity contribution in [2.24, 2.45) is 0 Å². The fraction of sp³-hybridized carbons (Fsp3) is 0.364. The van der Waals surface area contributed by atoms with E-state index in [9.17, 15) is 4.39 Å². The fourth-order valence-corrected chi connectivity index (χ4v) is 3.74. The van der Waals surface area contributed by atoms with Crippen LogP contribution in [0.15, 0.2) is 36.7 Å². The molecule has 0 fully saturated rings. The zero-order valence-corrected chi connectivity index (χ0v) is 18.1. The Morgan fingerprint density at radius 3 is 2.66 bits per heavy atom. The van der Waals surface area contributed by atoms with Gasteiger partial charge < -0.3 is 25.0 Å². The third kappa shape index (κ3) is 5.18. The van der Waals surface area contributed by atoms with Crippen LogP contribution in [0.3, 0.4) is 0 Å². The number of halogens is 2. The average molecular weight is 463 g/mol. The first-order chi connectivity index (χ1) is 15.6. The summed E-state index contributed by atoms with van der Waals surface area (Å²) in [6.07, 6.45) is 1.95. The lowest BCUT2D eigenvalue weighted by Gasteiger charge is -2.29. The quantitative estimate of drug-likeness (QED) is 0.446. The number of fused-ring (bicyclic) bond motifs is 2. The maximum Gasteiger partial charge on any atom is 0.163 e. The minimum Gasteiger partial charge on any atom is -0.486 e. The van der Waals surface area contributed by atoms with E-state index in [2.05, 4.69) is 15.3 Å². The molecule has 1 aliphatic rings. The monoisotopic (exact) mass is 462 g/mol. The van der Waals surface area contributed by atoms with Crippen molar-refractivity contribution >= 4 is 34.0 Å². The molecule has 8 nitrogen and oxygen atoms in total. The SMILES string of the molecule is OCCN(CCO)CCC1COc2cc3ncnc(Nc4ccc(F)c(Cl)c4)c3cc2O1. The van der Waals surface area contributed by atoms with Crippen LogP contribution < -0.4 is 14.8 Å². The van der Waals surface area contributed by atoms with Crippen molar-refractivity contribution in [3.8, 4) is 11.5 Å². The molecule has 32 heavy (non-hydrogen) atoms. The molecule has 0 amide bonds. The van der Waals surface area contributed by atoms with Gasteiger partial charge in [0.05, 0.1) is 23.8 Å². The Balaban J connectivity index is 1.53. The third-order valence-electron chi connectivity index (χ3n) is 5.20. The number of aliphatic hydroxyl groups excluding tert-OH is 2. The van der Waals surface area contributed by atoms with Crippen molar-refractivity contribution in [3.05, 3.63) is 47.5 Å². The number of ether oxygens (including phenoxy) is 2. The van der Waals surface area contributed by atoms with Crippen LogP contribution in [0.1, 0.15) is 6.42 Å². The normalized spacial score (nSPS) is 15.3. The van der Waals surface area contributed by atoms with Crippen molar-refractivity contribution in [1.82, 2.24) is 14.9 Å². The van der Waals surface area contributed by atoms with E-state index < -0.39 is 5.82 Å². The van der Waals surface area contributed by atoms with Crippen LogP contribution in [0.25, 0.3) is 10.9 Å². The van der Waals surface area contributed by atoms with Crippen LogP contribution in [0.5, 0.6) is 11.5 Å². The van der Waals surface area contributed by atoms with Gasteiger partial charge in [-0.3, -0.25) is 4.90 Å². The molecular weight excluding hydrogens is 439 g/mol. The topological polar surface area (TPSA) is 100.0 Å². The Morgan fingerprint density at radius 2 is 1.91 bits per heavy atom. The maximum atomic E-state index is 13.5. The summed E-state index contributed by atoms with van der Waals surface area (Å²) >= 11 is 5.89. The van der Waals surface area contributed by atoms with Gasteiger partial charge in [-0.2, -0.15) is 0 Å². The van der Waals surface area contributed by atoms with Gasteiger partial charge in [0.1, 0.15) is 30.7 Å². The molecule has 0 bridgehead atoms. The molecule has 10 heteroatoms. The molecule has 1 unspecified atom stereocenters. The minimum absolute atomic E-state index is 0.0155. The molecular formula is C22H24ClFN4O4. The maximum absolute atomic E-state index is 13.5. The summed E-state index contributed by atoms with van der Waals surface area (Å²) in [7, 11) is 0. The van der Waals surface area contributed by atoms with Crippen LogP contribution in [0, 0.1) is 5.82 Å². The van der Waals surface area contributed by atoms with Gasteiger partial charge in [-0.1, -0.05) is 11.6 Å². The zero-order valence-electron chi connectivity index (χ0n) is 17.3. The molecule has 3 aromatic rings. The second-order valence-electron chi connectivity index (χ2n) is 7.42.